The average Bonchev–Trinajstić information content (AvgIpc) is 2.62. The quantitative estimate of drug-likeness (QED) is 0.867. The molecule has 24 heavy (non-hydrogen) atoms. The third-order valence-electron chi connectivity index (χ3n) is 5.38. The SMILES string of the molecule is CC[N+]1(CC)CC(C)OC(O)(c2ccc(-c3ccccc3)cc2)C1. The van der Waals surface area contributed by atoms with Gasteiger partial charge in [-0.15, -0.1) is 0 Å². The predicted octanol–water partition coefficient (Wildman–Crippen LogP) is 3.77. The van der Waals surface area contributed by atoms with Crippen molar-refractivity contribution in [3.05, 3.63) is 60.2 Å². The number of hydrogen-bond acceptors (Lipinski definition) is 2. The van der Waals surface area contributed by atoms with Crippen molar-refractivity contribution in [2.75, 3.05) is 26.2 Å². The number of ether oxygens (including phenoxy) is 1. The maximum absolute atomic E-state index is 11.2. The first kappa shape index (κ1) is 17.2. The van der Waals surface area contributed by atoms with Gasteiger partial charge in [0.15, 0.2) is 0 Å². The standard InChI is InChI=1S/C21H28NO2/c1-4-22(5-2)15-17(3)24-21(23,16-22)20-13-11-19(12-14-20)18-9-7-6-8-10-18/h6-14,17,23H,4-5,15-16H2,1-3H3/q+1. The Kier molecular flexibility index (Phi) is 4.77. The van der Waals surface area contributed by atoms with Crippen LogP contribution in [0, 0.1) is 0 Å². The van der Waals surface area contributed by atoms with Gasteiger partial charge in [-0.1, -0.05) is 54.6 Å². The van der Waals surface area contributed by atoms with E-state index in [1.54, 1.807) is 0 Å². The van der Waals surface area contributed by atoms with Gasteiger partial charge in [0, 0.05) is 5.56 Å². The summed E-state index contributed by atoms with van der Waals surface area (Å²) in [7, 11) is 0. The van der Waals surface area contributed by atoms with E-state index in [9.17, 15) is 5.11 Å². The summed E-state index contributed by atoms with van der Waals surface area (Å²) in [5.41, 5.74) is 3.18. The molecule has 2 aromatic carbocycles. The van der Waals surface area contributed by atoms with E-state index in [-0.39, 0.29) is 6.10 Å². The summed E-state index contributed by atoms with van der Waals surface area (Å²) in [4.78, 5) is 0. The molecule has 2 atom stereocenters. The van der Waals surface area contributed by atoms with Crippen molar-refractivity contribution in [1.29, 1.82) is 0 Å². The summed E-state index contributed by atoms with van der Waals surface area (Å²) in [5.74, 6) is -1.21. The van der Waals surface area contributed by atoms with Crippen LogP contribution in [-0.2, 0) is 10.5 Å². The molecular weight excluding hydrogens is 298 g/mol. The zero-order valence-corrected chi connectivity index (χ0v) is 14.9. The van der Waals surface area contributed by atoms with Crippen LogP contribution in [0.4, 0.5) is 0 Å². The van der Waals surface area contributed by atoms with Gasteiger partial charge < -0.3 is 14.3 Å². The Bertz CT molecular complexity index is 664. The van der Waals surface area contributed by atoms with Crippen molar-refractivity contribution in [2.45, 2.75) is 32.7 Å². The molecule has 0 spiro atoms. The lowest BCUT2D eigenvalue weighted by Gasteiger charge is -2.49. The van der Waals surface area contributed by atoms with Gasteiger partial charge in [-0.2, -0.15) is 0 Å². The van der Waals surface area contributed by atoms with Gasteiger partial charge in [-0.3, -0.25) is 0 Å². The second-order valence-electron chi connectivity index (χ2n) is 6.97. The van der Waals surface area contributed by atoms with E-state index in [4.69, 9.17) is 4.74 Å². The Labute approximate surface area is 145 Å². The minimum atomic E-state index is -1.21. The van der Waals surface area contributed by atoms with Gasteiger partial charge in [0.1, 0.15) is 19.2 Å². The molecule has 0 saturated carbocycles. The van der Waals surface area contributed by atoms with E-state index in [1.165, 1.54) is 5.56 Å². The number of nitrogens with zero attached hydrogens (tertiary/aromatic N) is 1. The Morgan fingerprint density at radius 2 is 1.58 bits per heavy atom. The first-order chi connectivity index (χ1) is 11.5. The third kappa shape index (κ3) is 3.25. The number of benzene rings is 2. The highest BCUT2D eigenvalue weighted by molar-refractivity contribution is 5.63. The maximum Gasteiger partial charge on any atom is 0.244 e. The molecule has 0 aromatic heterocycles. The molecule has 1 aliphatic heterocycles. The lowest BCUT2D eigenvalue weighted by molar-refractivity contribution is -0.948. The van der Waals surface area contributed by atoms with Crippen molar-refractivity contribution >= 4 is 0 Å². The smallest absolute Gasteiger partial charge is 0.244 e. The molecule has 1 saturated heterocycles. The molecular formula is C21H28NO2+. The van der Waals surface area contributed by atoms with Gasteiger partial charge >= 0.3 is 0 Å². The molecule has 1 N–H and O–H groups in total. The molecule has 2 unspecified atom stereocenters. The lowest BCUT2D eigenvalue weighted by Crippen LogP contribution is -2.64. The minimum Gasteiger partial charge on any atom is -0.357 e. The highest BCUT2D eigenvalue weighted by Gasteiger charge is 2.47. The number of hydrogen-bond donors (Lipinski definition) is 1. The lowest BCUT2D eigenvalue weighted by atomic mass is 9.97. The second kappa shape index (κ2) is 6.67. The topological polar surface area (TPSA) is 29.5 Å². The van der Waals surface area contributed by atoms with Gasteiger partial charge in [-0.05, 0) is 31.9 Å². The number of morpholine rings is 1. The number of likely N-dealkylation sites (N-methyl/N-ethyl adjacent to an activating group) is 1. The minimum absolute atomic E-state index is 0.0393. The van der Waals surface area contributed by atoms with E-state index in [1.807, 2.05) is 30.3 Å². The monoisotopic (exact) mass is 326 g/mol. The van der Waals surface area contributed by atoms with Gasteiger partial charge in [0.2, 0.25) is 5.79 Å². The third-order valence-corrected chi connectivity index (χ3v) is 5.38. The van der Waals surface area contributed by atoms with Gasteiger partial charge in [0.05, 0.1) is 13.1 Å². The van der Waals surface area contributed by atoms with E-state index in [2.05, 4.69) is 45.0 Å². The van der Waals surface area contributed by atoms with Crippen molar-refractivity contribution in [3.8, 4) is 11.1 Å². The molecule has 128 valence electrons. The fourth-order valence-corrected chi connectivity index (χ4v) is 3.89. The summed E-state index contributed by atoms with van der Waals surface area (Å²) >= 11 is 0. The largest absolute Gasteiger partial charge is 0.357 e. The molecule has 1 fully saturated rings. The molecule has 3 heteroatoms. The van der Waals surface area contributed by atoms with Crippen LogP contribution in [0.2, 0.25) is 0 Å². The number of aliphatic hydroxyl groups is 1. The first-order valence-electron chi connectivity index (χ1n) is 8.91. The summed E-state index contributed by atoms with van der Waals surface area (Å²) < 4.78 is 6.89. The van der Waals surface area contributed by atoms with Crippen LogP contribution < -0.4 is 0 Å². The van der Waals surface area contributed by atoms with Crippen molar-refractivity contribution in [2.24, 2.45) is 0 Å². The maximum atomic E-state index is 11.2. The summed E-state index contributed by atoms with van der Waals surface area (Å²) in [6.45, 7) is 10.0. The molecule has 0 amide bonds. The highest BCUT2D eigenvalue weighted by atomic mass is 16.6. The van der Waals surface area contributed by atoms with Crippen LogP contribution in [-0.4, -0.2) is 41.9 Å². The van der Waals surface area contributed by atoms with Gasteiger partial charge in [-0.25, -0.2) is 0 Å². The fourth-order valence-electron chi connectivity index (χ4n) is 3.89. The van der Waals surface area contributed by atoms with Crippen LogP contribution in [0.3, 0.4) is 0 Å². The summed E-state index contributed by atoms with van der Waals surface area (Å²) in [6.07, 6.45) is 0.0393. The zero-order chi connectivity index (χ0) is 17.2. The van der Waals surface area contributed by atoms with E-state index >= 15 is 0 Å². The second-order valence-corrected chi connectivity index (χ2v) is 6.97. The Hall–Kier alpha value is -1.68. The van der Waals surface area contributed by atoms with Gasteiger partial charge in [0.25, 0.3) is 0 Å². The molecule has 3 nitrogen and oxygen atoms in total. The summed E-state index contributed by atoms with van der Waals surface area (Å²) in [5, 5.41) is 11.2. The predicted molar refractivity (Wildman–Crippen MR) is 97.4 cm³/mol. The molecule has 3 rings (SSSR count). The normalized spacial score (nSPS) is 26.2. The fraction of sp³-hybridized carbons (Fsp3) is 0.429. The van der Waals surface area contributed by atoms with Crippen LogP contribution in [0.15, 0.2) is 54.6 Å². The Morgan fingerprint density at radius 3 is 2.17 bits per heavy atom. The van der Waals surface area contributed by atoms with Crippen LogP contribution in [0.25, 0.3) is 11.1 Å². The van der Waals surface area contributed by atoms with E-state index in [0.717, 1.165) is 35.2 Å². The molecule has 2 aromatic rings. The molecule has 1 heterocycles. The highest BCUT2D eigenvalue weighted by Crippen LogP contribution is 2.34. The zero-order valence-electron chi connectivity index (χ0n) is 14.9. The Morgan fingerprint density at radius 1 is 1.00 bits per heavy atom. The van der Waals surface area contributed by atoms with Crippen molar-refractivity contribution in [1.82, 2.24) is 0 Å². The number of rotatable bonds is 4. The average molecular weight is 326 g/mol. The van der Waals surface area contributed by atoms with Crippen molar-refractivity contribution in [3.63, 3.8) is 0 Å². The first-order valence-corrected chi connectivity index (χ1v) is 8.91. The van der Waals surface area contributed by atoms with Crippen molar-refractivity contribution < 1.29 is 14.3 Å². The van der Waals surface area contributed by atoms with E-state index < -0.39 is 5.79 Å². The molecule has 0 aliphatic carbocycles. The summed E-state index contributed by atoms with van der Waals surface area (Å²) in [6, 6.07) is 18.4. The van der Waals surface area contributed by atoms with Crippen LogP contribution in [0.1, 0.15) is 26.3 Å². The molecule has 0 bridgehead atoms. The molecule has 1 aliphatic rings. The molecule has 0 radical (unpaired) electrons. The van der Waals surface area contributed by atoms with Crippen LogP contribution >= 0.6 is 0 Å². The van der Waals surface area contributed by atoms with E-state index in [0.29, 0.717) is 6.54 Å². The number of quaternary nitrogens is 1. The Balaban J connectivity index is 1.89. The van der Waals surface area contributed by atoms with Crippen LogP contribution in [0.5, 0.6) is 0 Å².